The minimum Gasteiger partial charge on any atom is -0.382 e. The van der Waals surface area contributed by atoms with Crippen LogP contribution >= 0.6 is 11.6 Å². The third-order valence-corrected chi connectivity index (χ3v) is 7.10. The average Bonchev–Trinajstić information content (AvgIpc) is 3.48. The first kappa shape index (κ1) is 28.5. The maximum absolute atomic E-state index is 13.2. The van der Waals surface area contributed by atoms with Crippen LogP contribution in [0.1, 0.15) is 16.2 Å². The van der Waals surface area contributed by atoms with Gasteiger partial charge in [-0.3, -0.25) is 9.36 Å². The number of alkyl halides is 3. The number of aliphatic hydroxyl groups is 1. The number of amides is 1. The van der Waals surface area contributed by atoms with E-state index in [1.165, 1.54) is 35.3 Å². The zero-order valence-electron chi connectivity index (χ0n) is 22.0. The lowest BCUT2D eigenvalue weighted by molar-refractivity contribution is -0.207. The Morgan fingerprint density at radius 2 is 1.80 bits per heavy atom. The van der Waals surface area contributed by atoms with Gasteiger partial charge in [0.25, 0.3) is 5.91 Å². The second kappa shape index (κ2) is 11.1. The van der Waals surface area contributed by atoms with E-state index in [4.69, 9.17) is 11.6 Å². The molecule has 41 heavy (non-hydrogen) atoms. The van der Waals surface area contributed by atoms with Crippen LogP contribution in [0, 0.1) is 0 Å². The number of nitrogens with zero attached hydrogens (tertiary/aromatic N) is 8. The van der Waals surface area contributed by atoms with Crippen molar-refractivity contribution >= 4 is 17.5 Å². The number of benzene rings is 2. The van der Waals surface area contributed by atoms with Gasteiger partial charge in [-0.1, -0.05) is 23.7 Å². The van der Waals surface area contributed by atoms with Crippen LogP contribution in [0.4, 0.5) is 13.2 Å². The smallest absolute Gasteiger partial charge is 0.382 e. The lowest BCUT2D eigenvalue weighted by Gasteiger charge is -2.42. The number of rotatable bonds is 8. The highest BCUT2D eigenvalue weighted by atomic mass is 35.5. The number of aromatic nitrogens is 6. The third-order valence-electron chi connectivity index (χ3n) is 6.85. The summed E-state index contributed by atoms with van der Waals surface area (Å²) in [5.41, 5.74) is 0.345. The van der Waals surface area contributed by atoms with Crippen LogP contribution in [-0.4, -0.2) is 95.4 Å². The number of halogens is 4. The van der Waals surface area contributed by atoms with Crippen LogP contribution in [0.3, 0.4) is 0 Å². The maximum Gasteiger partial charge on any atom is 0.416 e. The van der Waals surface area contributed by atoms with Crippen molar-refractivity contribution in [3.63, 3.8) is 0 Å². The third kappa shape index (κ3) is 5.89. The summed E-state index contributed by atoms with van der Waals surface area (Å²) in [5.74, 6) is -0.105. The summed E-state index contributed by atoms with van der Waals surface area (Å²) in [6.07, 6.45) is -6.34. The van der Waals surface area contributed by atoms with Crippen LogP contribution in [0.5, 0.6) is 0 Å². The molecule has 4 aromatic rings. The molecule has 1 aliphatic rings. The fraction of sp³-hybridized carbons (Fsp3) is 0.346. The van der Waals surface area contributed by atoms with E-state index in [0.29, 0.717) is 34.9 Å². The van der Waals surface area contributed by atoms with Crippen molar-refractivity contribution in [1.29, 1.82) is 0 Å². The summed E-state index contributed by atoms with van der Waals surface area (Å²) in [4.78, 5) is 34.3. The van der Waals surface area contributed by atoms with Crippen molar-refractivity contribution in [3.8, 4) is 17.1 Å². The first-order valence-corrected chi connectivity index (χ1v) is 12.9. The Bertz CT molecular complexity index is 1610. The molecule has 3 heterocycles. The summed E-state index contributed by atoms with van der Waals surface area (Å²) in [6.45, 7) is -0.113. The van der Waals surface area contributed by atoms with Crippen molar-refractivity contribution in [3.05, 3.63) is 81.8 Å². The molecule has 0 radical (unpaired) electrons. The molecule has 1 atom stereocenters. The molecular formula is C26H26ClF3N8O3. The fourth-order valence-corrected chi connectivity index (χ4v) is 4.52. The quantitative estimate of drug-likeness (QED) is 0.335. The molecule has 2 aromatic heterocycles. The number of hydrogen-bond acceptors (Lipinski definition) is 7. The van der Waals surface area contributed by atoms with Gasteiger partial charge in [0.15, 0.2) is 17.8 Å². The largest absolute Gasteiger partial charge is 0.416 e. The van der Waals surface area contributed by atoms with E-state index in [9.17, 15) is 27.9 Å². The zero-order chi connectivity index (χ0) is 29.5. The predicted octanol–water partition coefficient (Wildman–Crippen LogP) is 2.30. The SMILES string of the molecule is CN(C)C1CN(C(=O)c2ccccc2-n2cnc(Cn3nc(-c4ccc(Cl)cc4)n(C[C@H](O)C(F)(F)F)c3=O)n2)C1. The number of aliphatic hydroxyl groups excluding tert-OH is 1. The summed E-state index contributed by atoms with van der Waals surface area (Å²) in [6, 6.07) is 13.2. The van der Waals surface area contributed by atoms with Crippen molar-refractivity contribution in [1.82, 2.24) is 38.9 Å². The molecule has 0 saturated carbocycles. The van der Waals surface area contributed by atoms with Gasteiger partial charge in [0.2, 0.25) is 0 Å². The number of para-hydroxylation sites is 1. The second-order valence-corrected chi connectivity index (χ2v) is 10.3. The maximum atomic E-state index is 13.2. The van der Waals surface area contributed by atoms with Gasteiger partial charge in [-0.15, -0.1) is 10.2 Å². The molecule has 2 aromatic carbocycles. The molecule has 0 bridgehead atoms. The Morgan fingerprint density at radius 1 is 1.12 bits per heavy atom. The molecule has 0 unspecified atom stereocenters. The van der Waals surface area contributed by atoms with Gasteiger partial charge in [0.05, 0.1) is 17.8 Å². The summed E-state index contributed by atoms with van der Waals surface area (Å²) in [7, 11) is 3.92. The Morgan fingerprint density at radius 3 is 2.46 bits per heavy atom. The van der Waals surface area contributed by atoms with Crippen LogP contribution in [0.25, 0.3) is 17.1 Å². The number of likely N-dealkylation sites (N-methyl/N-ethyl adjacent to an activating group) is 1. The first-order chi connectivity index (χ1) is 19.4. The molecular weight excluding hydrogens is 565 g/mol. The number of carbonyl (C=O) groups is 1. The molecule has 0 aliphatic carbocycles. The molecule has 1 amide bonds. The molecule has 1 saturated heterocycles. The summed E-state index contributed by atoms with van der Waals surface area (Å²) >= 11 is 5.93. The van der Waals surface area contributed by atoms with E-state index in [2.05, 4.69) is 20.1 Å². The molecule has 15 heteroatoms. The van der Waals surface area contributed by atoms with Gasteiger partial charge in [-0.05, 0) is 50.5 Å². The van der Waals surface area contributed by atoms with E-state index in [0.717, 1.165) is 9.25 Å². The minimum absolute atomic E-state index is 0.0871. The molecule has 1 aliphatic heterocycles. The topological polar surface area (TPSA) is 114 Å². The molecule has 5 rings (SSSR count). The fourth-order valence-electron chi connectivity index (χ4n) is 4.39. The van der Waals surface area contributed by atoms with Crippen LogP contribution in [0.15, 0.2) is 59.7 Å². The van der Waals surface area contributed by atoms with E-state index < -0.39 is 24.5 Å². The molecule has 11 nitrogen and oxygen atoms in total. The van der Waals surface area contributed by atoms with Crippen molar-refractivity contribution in [2.75, 3.05) is 27.2 Å². The van der Waals surface area contributed by atoms with Crippen LogP contribution < -0.4 is 5.69 Å². The first-order valence-electron chi connectivity index (χ1n) is 12.6. The zero-order valence-corrected chi connectivity index (χ0v) is 22.8. The molecule has 0 spiro atoms. The number of carbonyl (C=O) groups excluding carboxylic acids is 1. The lowest BCUT2D eigenvalue weighted by Crippen LogP contribution is -2.59. The van der Waals surface area contributed by atoms with Crippen molar-refractivity contribution in [2.45, 2.75) is 31.4 Å². The Balaban J connectivity index is 1.43. The van der Waals surface area contributed by atoms with Gasteiger partial charge in [0, 0.05) is 29.7 Å². The van der Waals surface area contributed by atoms with Gasteiger partial charge in [0.1, 0.15) is 12.9 Å². The lowest BCUT2D eigenvalue weighted by atomic mass is 10.0. The van der Waals surface area contributed by atoms with E-state index in [1.807, 2.05) is 14.1 Å². The molecule has 216 valence electrons. The Kier molecular flexibility index (Phi) is 7.72. The van der Waals surface area contributed by atoms with Crippen LogP contribution in [-0.2, 0) is 13.1 Å². The highest BCUT2D eigenvalue weighted by Gasteiger charge is 2.39. The Labute approximate surface area is 237 Å². The van der Waals surface area contributed by atoms with E-state index in [-0.39, 0.29) is 30.1 Å². The summed E-state index contributed by atoms with van der Waals surface area (Å²) in [5, 5.41) is 18.7. The van der Waals surface area contributed by atoms with Crippen LogP contribution in [0.2, 0.25) is 5.02 Å². The van der Waals surface area contributed by atoms with Crippen molar-refractivity contribution < 1.29 is 23.1 Å². The number of likely N-dealkylation sites (tertiary alicyclic amines) is 1. The summed E-state index contributed by atoms with van der Waals surface area (Å²) < 4.78 is 42.5. The molecule has 1 fully saturated rings. The van der Waals surface area contributed by atoms with Crippen molar-refractivity contribution in [2.24, 2.45) is 0 Å². The minimum atomic E-state index is -4.94. The van der Waals surface area contributed by atoms with Gasteiger partial charge < -0.3 is 14.9 Å². The van der Waals surface area contributed by atoms with E-state index in [1.54, 1.807) is 29.2 Å². The monoisotopic (exact) mass is 590 g/mol. The standard InChI is InChI=1S/C26H26ClF3N8O3/c1-34(2)18-11-35(12-18)24(40)19-5-3-4-6-20(19)38-15-31-22(32-38)14-37-25(41)36(13-21(39)26(28,29)30)23(33-37)16-7-9-17(27)10-8-16/h3-10,15,18,21,39H,11-14H2,1-2H3/t21-/m0/s1. The van der Waals surface area contributed by atoms with Gasteiger partial charge in [-0.2, -0.15) is 13.2 Å². The normalized spacial score (nSPS) is 14.9. The van der Waals surface area contributed by atoms with Gasteiger partial charge >= 0.3 is 11.9 Å². The van der Waals surface area contributed by atoms with Gasteiger partial charge in [-0.25, -0.2) is 19.1 Å². The van der Waals surface area contributed by atoms with E-state index >= 15 is 0 Å². The predicted molar refractivity (Wildman–Crippen MR) is 143 cm³/mol. The Hall–Kier alpha value is -4.01. The highest BCUT2D eigenvalue weighted by Crippen LogP contribution is 2.24. The number of hydrogen-bond donors (Lipinski definition) is 1. The molecule has 1 N–H and O–H groups in total. The second-order valence-electron chi connectivity index (χ2n) is 9.89. The average molecular weight is 591 g/mol. The highest BCUT2D eigenvalue weighted by molar-refractivity contribution is 6.30.